The van der Waals surface area contributed by atoms with Crippen molar-refractivity contribution >= 4 is 21.8 Å². The predicted molar refractivity (Wildman–Crippen MR) is 178 cm³/mol. The maximum atomic E-state index is 11.3. The summed E-state index contributed by atoms with van der Waals surface area (Å²) in [4.78, 5) is 9.85. The zero-order valence-corrected chi connectivity index (χ0v) is 24.8. The van der Waals surface area contributed by atoms with E-state index in [2.05, 4.69) is 122 Å². The molecule has 0 radical (unpaired) electrons. The van der Waals surface area contributed by atoms with Gasteiger partial charge in [0.15, 0.2) is 0 Å². The largest absolute Gasteiger partial charge is 0.507 e. The van der Waals surface area contributed by atoms with Crippen LogP contribution in [0.5, 0.6) is 5.75 Å². The number of para-hydroxylation sites is 2. The Morgan fingerprint density at radius 1 is 0.628 bits per heavy atom. The Morgan fingerprint density at radius 3 is 2.19 bits per heavy atom. The molecule has 0 spiro atoms. The molecule has 5 aromatic carbocycles. The Bertz CT molecular complexity index is 2150. The van der Waals surface area contributed by atoms with Gasteiger partial charge < -0.3 is 9.67 Å². The van der Waals surface area contributed by atoms with Gasteiger partial charge in [-0.05, 0) is 74.8 Å². The molecule has 0 aliphatic heterocycles. The van der Waals surface area contributed by atoms with Gasteiger partial charge in [0.1, 0.15) is 11.6 Å². The van der Waals surface area contributed by atoms with Crippen LogP contribution in [-0.4, -0.2) is 19.6 Å². The van der Waals surface area contributed by atoms with Crippen molar-refractivity contribution in [2.45, 2.75) is 26.2 Å². The van der Waals surface area contributed by atoms with Crippen molar-refractivity contribution < 1.29 is 5.11 Å². The fourth-order valence-electron chi connectivity index (χ4n) is 6.00. The molecule has 0 saturated heterocycles. The fourth-order valence-corrected chi connectivity index (χ4v) is 6.00. The Morgan fingerprint density at radius 2 is 1.35 bits per heavy atom. The second-order valence-electron chi connectivity index (χ2n) is 12.2. The second kappa shape index (κ2) is 10.2. The van der Waals surface area contributed by atoms with Crippen LogP contribution in [0.25, 0.3) is 66.7 Å². The van der Waals surface area contributed by atoms with E-state index in [1.165, 1.54) is 16.3 Å². The van der Waals surface area contributed by atoms with Crippen molar-refractivity contribution in [2.75, 3.05) is 0 Å². The minimum absolute atomic E-state index is 0.185. The predicted octanol–water partition coefficient (Wildman–Crippen LogP) is 9.79. The number of rotatable bonds is 4. The molecule has 1 N–H and O–H groups in total. The van der Waals surface area contributed by atoms with Crippen molar-refractivity contribution in [3.05, 3.63) is 127 Å². The number of fused-ring (bicyclic) bond motifs is 2. The van der Waals surface area contributed by atoms with Crippen molar-refractivity contribution in [1.82, 2.24) is 14.5 Å². The number of aromatic nitrogens is 3. The molecule has 0 aliphatic carbocycles. The van der Waals surface area contributed by atoms with E-state index in [0.29, 0.717) is 0 Å². The first-order valence-corrected chi connectivity index (χ1v) is 14.6. The van der Waals surface area contributed by atoms with Crippen LogP contribution in [0, 0.1) is 0 Å². The maximum absolute atomic E-state index is 11.3. The third kappa shape index (κ3) is 4.75. The van der Waals surface area contributed by atoms with Crippen LogP contribution in [0.4, 0.5) is 0 Å². The minimum Gasteiger partial charge on any atom is -0.507 e. The summed E-state index contributed by atoms with van der Waals surface area (Å²) in [6, 6.07) is 39.9. The molecule has 0 bridgehead atoms. The first-order valence-electron chi connectivity index (χ1n) is 14.6. The molecule has 4 heteroatoms. The van der Waals surface area contributed by atoms with E-state index in [-0.39, 0.29) is 11.2 Å². The summed E-state index contributed by atoms with van der Waals surface area (Å²) in [5.41, 5.74) is 9.74. The third-order valence-corrected chi connectivity index (χ3v) is 8.31. The lowest BCUT2D eigenvalue weighted by atomic mass is 9.85. The molecule has 0 aliphatic rings. The van der Waals surface area contributed by atoms with Gasteiger partial charge in [-0.3, -0.25) is 4.98 Å². The molecule has 0 saturated carbocycles. The summed E-state index contributed by atoms with van der Waals surface area (Å²) in [5, 5.41) is 13.7. The molecule has 7 aromatic rings. The summed E-state index contributed by atoms with van der Waals surface area (Å²) in [6.45, 7) is 6.33. The topological polar surface area (TPSA) is 50.9 Å². The zero-order chi connectivity index (χ0) is 29.7. The van der Waals surface area contributed by atoms with Crippen molar-refractivity contribution in [2.24, 2.45) is 7.05 Å². The zero-order valence-electron chi connectivity index (χ0n) is 24.8. The van der Waals surface area contributed by atoms with E-state index in [1.54, 1.807) is 0 Å². The molecule has 2 heterocycles. The van der Waals surface area contributed by atoms with Gasteiger partial charge in [-0.15, -0.1) is 0 Å². The first kappa shape index (κ1) is 26.7. The van der Waals surface area contributed by atoms with Crippen LogP contribution in [-0.2, 0) is 12.5 Å². The number of hydrogen-bond donors (Lipinski definition) is 1. The highest BCUT2D eigenvalue weighted by atomic mass is 16.3. The van der Waals surface area contributed by atoms with Crippen molar-refractivity contribution in [1.29, 1.82) is 0 Å². The number of imidazole rings is 1. The lowest BCUT2D eigenvalue weighted by Gasteiger charge is -2.21. The highest BCUT2D eigenvalue weighted by Crippen LogP contribution is 2.40. The Labute approximate surface area is 252 Å². The van der Waals surface area contributed by atoms with E-state index < -0.39 is 0 Å². The van der Waals surface area contributed by atoms with Gasteiger partial charge in [0.25, 0.3) is 0 Å². The van der Waals surface area contributed by atoms with E-state index in [9.17, 15) is 5.11 Å². The molecule has 4 nitrogen and oxygen atoms in total. The second-order valence-corrected chi connectivity index (χ2v) is 12.2. The quantitative estimate of drug-likeness (QED) is 0.233. The SMILES string of the molecule is Cn1c(-c2cccc(C(C)(C)C)c2O)nc2c(-c3cccc(-c4cc(-c5ccc6ccccc6c5)ccn4)c3)cccc21. The molecule has 210 valence electrons. The Balaban J connectivity index is 1.30. The third-order valence-electron chi connectivity index (χ3n) is 8.31. The standard InChI is InChI=1S/C39H33N3O/c1-39(2,3)33-16-8-15-32(37(33)43)38-41-36-31(14-9-17-35(36)42(38)4)29-12-7-13-30(23-29)34-24-28(20-21-40-34)27-19-18-25-10-5-6-11-26(25)22-27/h5-24,43H,1-4H3. The van der Waals surface area contributed by atoms with E-state index in [0.717, 1.165) is 55.9 Å². The monoisotopic (exact) mass is 559 g/mol. The molecule has 43 heavy (non-hydrogen) atoms. The molecule has 0 fully saturated rings. The average Bonchev–Trinajstić information content (AvgIpc) is 3.36. The summed E-state index contributed by atoms with van der Waals surface area (Å²) in [6.07, 6.45) is 1.89. The van der Waals surface area contributed by atoms with Crippen LogP contribution < -0.4 is 0 Å². The molecule has 0 unspecified atom stereocenters. The fraction of sp³-hybridized carbons (Fsp3) is 0.128. The van der Waals surface area contributed by atoms with Crippen LogP contribution in [0.3, 0.4) is 0 Å². The number of phenolic OH excluding ortho intramolecular Hbond substituents is 1. The van der Waals surface area contributed by atoms with E-state index in [1.807, 2.05) is 31.4 Å². The molecular weight excluding hydrogens is 526 g/mol. The number of hydrogen-bond acceptors (Lipinski definition) is 3. The average molecular weight is 560 g/mol. The minimum atomic E-state index is -0.185. The molecule has 2 aromatic heterocycles. The van der Waals surface area contributed by atoms with Crippen LogP contribution >= 0.6 is 0 Å². The normalized spacial score (nSPS) is 11.8. The number of aryl methyl sites for hydroxylation is 1. The van der Waals surface area contributed by atoms with E-state index >= 15 is 0 Å². The Kier molecular flexibility index (Phi) is 6.36. The van der Waals surface area contributed by atoms with Crippen molar-refractivity contribution in [3.8, 4) is 50.6 Å². The highest BCUT2D eigenvalue weighted by molar-refractivity contribution is 5.95. The number of benzene rings is 5. The highest BCUT2D eigenvalue weighted by Gasteiger charge is 2.23. The molecule has 7 rings (SSSR count). The first-order chi connectivity index (χ1) is 20.8. The molecule has 0 amide bonds. The maximum Gasteiger partial charge on any atom is 0.144 e. The smallest absolute Gasteiger partial charge is 0.144 e. The summed E-state index contributed by atoms with van der Waals surface area (Å²) in [5.74, 6) is 1.03. The van der Waals surface area contributed by atoms with Gasteiger partial charge >= 0.3 is 0 Å². The number of nitrogens with zero attached hydrogens (tertiary/aromatic N) is 3. The lowest BCUT2D eigenvalue weighted by Crippen LogP contribution is -2.11. The van der Waals surface area contributed by atoms with Gasteiger partial charge in [0.05, 0.1) is 22.3 Å². The van der Waals surface area contributed by atoms with E-state index in [4.69, 9.17) is 9.97 Å². The summed E-state index contributed by atoms with van der Waals surface area (Å²) >= 11 is 0. The summed E-state index contributed by atoms with van der Waals surface area (Å²) in [7, 11) is 2.01. The van der Waals surface area contributed by atoms with Crippen LogP contribution in [0.2, 0.25) is 0 Å². The number of aromatic hydroxyl groups is 1. The summed E-state index contributed by atoms with van der Waals surface area (Å²) < 4.78 is 2.07. The van der Waals surface area contributed by atoms with Gasteiger partial charge in [-0.25, -0.2) is 4.98 Å². The number of phenols is 1. The van der Waals surface area contributed by atoms with Crippen LogP contribution in [0.15, 0.2) is 121 Å². The van der Waals surface area contributed by atoms with Gasteiger partial charge in [-0.2, -0.15) is 0 Å². The van der Waals surface area contributed by atoms with Crippen LogP contribution in [0.1, 0.15) is 26.3 Å². The lowest BCUT2D eigenvalue weighted by molar-refractivity contribution is 0.448. The molecule has 0 atom stereocenters. The van der Waals surface area contributed by atoms with Gasteiger partial charge in [0, 0.05) is 24.4 Å². The van der Waals surface area contributed by atoms with Gasteiger partial charge in [-0.1, -0.05) is 99.6 Å². The molecular formula is C39H33N3O. The van der Waals surface area contributed by atoms with Crippen molar-refractivity contribution in [3.63, 3.8) is 0 Å². The van der Waals surface area contributed by atoms with Gasteiger partial charge in [0.2, 0.25) is 0 Å². The number of pyridine rings is 1. The Hall–Kier alpha value is -5.22.